The Balaban J connectivity index is 1.70. The number of hydrogen-bond acceptors (Lipinski definition) is 3. The van der Waals surface area contributed by atoms with E-state index in [1.807, 2.05) is 4.90 Å². The van der Waals surface area contributed by atoms with E-state index in [1.54, 1.807) is 12.1 Å². The molecule has 1 amide bonds. The Bertz CT molecular complexity index is 597. The lowest BCUT2D eigenvalue weighted by molar-refractivity contribution is -0.129. The number of hydrogen-bond donors (Lipinski definition) is 1. The molecule has 4 nitrogen and oxygen atoms in total. The highest BCUT2D eigenvalue weighted by atomic mass is 19.1. The Morgan fingerprint density at radius 1 is 1.23 bits per heavy atom. The molecule has 1 aromatic carbocycles. The van der Waals surface area contributed by atoms with Crippen molar-refractivity contribution in [1.82, 2.24) is 4.90 Å². The highest BCUT2D eigenvalue weighted by Crippen LogP contribution is 2.24. The third-order valence-electron chi connectivity index (χ3n) is 5.11. The molecule has 1 N–H and O–H groups in total. The molecule has 0 bridgehead atoms. The number of unbranched alkanes of at least 4 members (excludes halogenated alkanes) is 4. The maximum absolute atomic E-state index is 12.9. The van der Waals surface area contributed by atoms with Gasteiger partial charge in [-0.2, -0.15) is 5.26 Å². The SMILES string of the molecule is N#CCCCCCCN1C(=O)CCC1CCC(O)Cc1ccc(F)cc1. The minimum Gasteiger partial charge on any atom is -0.393 e. The van der Waals surface area contributed by atoms with Crippen molar-refractivity contribution in [2.45, 2.75) is 76.4 Å². The fourth-order valence-electron chi connectivity index (χ4n) is 3.62. The first-order valence-electron chi connectivity index (χ1n) is 9.69. The number of carbonyl (C=O) groups excluding carboxylic acids is 1. The van der Waals surface area contributed by atoms with Crippen LogP contribution >= 0.6 is 0 Å². The number of nitriles is 1. The van der Waals surface area contributed by atoms with Crippen molar-refractivity contribution in [2.24, 2.45) is 0 Å². The topological polar surface area (TPSA) is 64.3 Å². The predicted octanol–water partition coefficient (Wildman–Crippen LogP) is 3.97. The summed E-state index contributed by atoms with van der Waals surface area (Å²) in [6.07, 6.45) is 7.58. The van der Waals surface area contributed by atoms with Crippen LogP contribution in [-0.4, -0.2) is 34.6 Å². The molecule has 26 heavy (non-hydrogen) atoms. The molecule has 2 unspecified atom stereocenters. The molecule has 0 spiro atoms. The van der Waals surface area contributed by atoms with Crippen molar-refractivity contribution < 1.29 is 14.3 Å². The predicted molar refractivity (Wildman–Crippen MR) is 98.8 cm³/mol. The van der Waals surface area contributed by atoms with Crippen LogP contribution in [0.3, 0.4) is 0 Å². The monoisotopic (exact) mass is 360 g/mol. The number of amides is 1. The molecule has 2 rings (SSSR count). The number of aliphatic hydroxyl groups is 1. The Morgan fingerprint density at radius 3 is 2.69 bits per heavy atom. The molecule has 1 saturated heterocycles. The summed E-state index contributed by atoms with van der Waals surface area (Å²) in [5, 5.41) is 18.8. The number of halogens is 1. The van der Waals surface area contributed by atoms with E-state index in [9.17, 15) is 14.3 Å². The second-order valence-corrected chi connectivity index (χ2v) is 7.16. The van der Waals surface area contributed by atoms with Crippen LogP contribution in [0.4, 0.5) is 4.39 Å². The van der Waals surface area contributed by atoms with Gasteiger partial charge in [0, 0.05) is 25.4 Å². The number of likely N-dealkylation sites (tertiary alicyclic amines) is 1. The highest BCUT2D eigenvalue weighted by molar-refractivity contribution is 5.78. The number of nitrogens with zero attached hydrogens (tertiary/aromatic N) is 2. The van der Waals surface area contributed by atoms with Crippen LogP contribution in [0.5, 0.6) is 0 Å². The quantitative estimate of drug-likeness (QED) is 0.607. The lowest BCUT2D eigenvalue weighted by Gasteiger charge is -2.25. The van der Waals surface area contributed by atoms with Gasteiger partial charge in [0.1, 0.15) is 5.82 Å². The first-order valence-corrected chi connectivity index (χ1v) is 9.69. The summed E-state index contributed by atoms with van der Waals surface area (Å²) in [6, 6.07) is 8.62. The van der Waals surface area contributed by atoms with E-state index in [0.29, 0.717) is 25.7 Å². The van der Waals surface area contributed by atoms with Gasteiger partial charge in [0.2, 0.25) is 5.91 Å². The summed E-state index contributed by atoms with van der Waals surface area (Å²) in [5.41, 5.74) is 0.927. The average molecular weight is 360 g/mol. The molecule has 0 saturated carbocycles. The fourth-order valence-corrected chi connectivity index (χ4v) is 3.62. The van der Waals surface area contributed by atoms with Gasteiger partial charge >= 0.3 is 0 Å². The van der Waals surface area contributed by atoms with Crippen molar-refractivity contribution in [2.75, 3.05) is 6.54 Å². The van der Waals surface area contributed by atoms with Crippen LogP contribution in [-0.2, 0) is 11.2 Å². The number of benzene rings is 1. The van der Waals surface area contributed by atoms with Crippen LogP contribution in [0.15, 0.2) is 24.3 Å². The normalized spacial score (nSPS) is 18.1. The zero-order valence-corrected chi connectivity index (χ0v) is 15.4. The summed E-state index contributed by atoms with van der Waals surface area (Å²) in [4.78, 5) is 14.1. The second-order valence-electron chi connectivity index (χ2n) is 7.16. The van der Waals surface area contributed by atoms with Gasteiger partial charge in [0.25, 0.3) is 0 Å². The molecule has 1 aliphatic heterocycles. The van der Waals surface area contributed by atoms with E-state index >= 15 is 0 Å². The van der Waals surface area contributed by atoms with Crippen molar-refractivity contribution in [3.05, 3.63) is 35.6 Å². The Hall–Kier alpha value is -1.93. The summed E-state index contributed by atoms with van der Waals surface area (Å²) in [6.45, 7) is 0.782. The van der Waals surface area contributed by atoms with Gasteiger partial charge in [-0.15, -0.1) is 0 Å². The van der Waals surface area contributed by atoms with Crippen molar-refractivity contribution in [1.29, 1.82) is 5.26 Å². The average Bonchev–Trinajstić information content (AvgIpc) is 2.98. The third-order valence-corrected chi connectivity index (χ3v) is 5.11. The summed E-state index contributed by atoms with van der Waals surface area (Å²) >= 11 is 0. The number of aliphatic hydroxyl groups excluding tert-OH is 1. The first-order chi connectivity index (χ1) is 12.6. The van der Waals surface area contributed by atoms with Crippen molar-refractivity contribution in [3.63, 3.8) is 0 Å². The van der Waals surface area contributed by atoms with E-state index in [0.717, 1.165) is 50.6 Å². The van der Waals surface area contributed by atoms with E-state index in [2.05, 4.69) is 6.07 Å². The fraction of sp³-hybridized carbons (Fsp3) is 0.619. The molecule has 0 radical (unpaired) electrons. The van der Waals surface area contributed by atoms with Gasteiger partial charge in [0.15, 0.2) is 0 Å². The van der Waals surface area contributed by atoms with Gasteiger partial charge in [0.05, 0.1) is 12.2 Å². The van der Waals surface area contributed by atoms with Crippen LogP contribution in [0.25, 0.3) is 0 Å². The summed E-state index contributed by atoms with van der Waals surface area (Å²) in [7, 11) is 0. The van der Waals surface area contributed by atoms with Gasteiger partial charge in [-0.1, -0.05) is 25.0 Å². The minimum absolute atomic E-state index is 0.222. The van der Waals surface area contributed by atoms with Crippen LogP contribution < -0.4 is 0 Å². The smallest absolute Gasteiger partial charge is 0.222 e. The minimum atomic E-state index is -0.469. The van der Waals surface area contributed by atoms with Crippen LogP contribution in [0.1, 0.15) is 63.4 Å². The molecule has 142 valence electrons. The number of rotatable bonds is 11. The standard InChI is InChI=1S/C21H29FN2O2/c22-18-8-6-17(7-9-18)16-20(25)12-10-19-11-13-21(26)24(19)15-5-3-1-2-4-14-23/h6-9,19-20,25H,1-5,10-13,15-16H2. The van der Waals surface area contributed by atoms with E-state index in [-0.39, 0.29) is 17.8 Å². The molecule has 5 heteroatoms. The lowest BCUT2D eigenvalue weighted by atomic mass is 10.0. The Labute approximate surface area is 155 Å². The summed E-state index contributed by atoms with van der Waals surface area (Å²) in [5.74, 6) is -0.0453. The molecule has 1 aliphatic rings. The number of carbonyl (C=O) groups is 1. The van der Waals surface area contributed by atoms with Gasteiger partial charge in [-0.05, 0) is 56.2 Å². The lowest BCUT2D eigenvalue weighted by Crippen LogP contribution is -2.34. The maximum Gasteiger partial charge on any atom is 0.222 e. The summed E-state index contributed by atoms with van der Waals surface area (Å²) < 4.78 is 12.9. The Kier molecular flexibility index (Phi) is 8.57. The van der Waals surface area contributed by atoms with E-state index in [1.165, 1.54) is 12.1 Å². The van der Waals surface area contributed by atoms with Crippen molar-refractivity contribution >= 4 is 5.91 Å². The highest BCUT2D eigenvalue weighted by Gasteiger charge is 2.30. The molecular weight excluding hydrogens is 331 g/mol. The molecule has 1 fully saturated rings. The maximum atomic E-state index is 12.9. The van der Waals surface area contributed by atoms with E-state index < -0.39 is 6.10 Å². The van der Waals surface area contributed by atoms with Crippen LogP contribution in [0.2, 0.25) is 0 Å². The molecular formula is C21H29FN2O2. The second kappa shape index (κ2) is 10.9. The Morgan fingerprint density at radius 2 is 1.96 bits per heavy atom. The first kappa shape index (κ1) is 20.4. The van der Waals surface area contributed by atoms with Gasteiger partial charge in [-0.3, -0.25) is 4.79 Å². The molecule has 2 atom stereocenters. The molecule has 0 aromatic heterocycles. The van der Waals surface area contributed by atoms with Crippen molar-refractivity contribution in [3.8, 4) is 6.07 Å². The third kappa shape index (κ3) is 6.76. The van der Waals surface area contributed by atoms with Gasteiger partial charge < -0.3 is 10.0 Å². The zero-order chi connectivity index (χ0) is 18.8. The zero-order valence-electron chi connectivity index (χ0n) is 15.4. The van der Waals surface area contributed by atoms with Gasteiger partial charge in [-0.25, -0.2) is 4.39 Å². The largest absolute Gasteiger partial charge is 0.393 e. The molecule has 1 heterocycles. The molecule has 0 aliphatic carbocycles. The molecule has 1 aromatic rings. The van der Waals surface area contributed by atoms with E-state index in [4.69, 9.17) is 5.26 Å². The van der Waals surface area contributed by atoms with Crippen LogP contribution in [0, 0.1) is 17.1 Å².